The van der Waals surface area contributed by atoms with Gasteiger partial charge in [-0.15, -0.1) is 13.2 Å². The van der Waals surface area contributed by atoms with Crippen LogP contribution in [-0.4, -0.2) is 44.4 Å². The lowest BCUT2D eigenvalue weighted by atomic mass is 10.2. The first-order chi connectivity index (χ1) is 17.5. The van der Waals surface area contributed by atoms with Crippen LogP contribution in [0.15, 0.2) is 77.6 Å². The molecule has 2 aliphatic rings. The largest absolute Gasteiger partial charge is 0.454 e. The normalized spacial score (nSPS) is 15.7. The highest BCUT2D eigenvalue weighted by Crippen LogP contribution is 2.37. The van der Waals surface area contributed by atoms with E-state index in [0.717, 1.165) is 17.3 Å². The average Bonchev–Trinajstić information content (AvgIpc) is 3.45. The van der Waals surface area contributed by atoms with Crippen LogP contribution in [0.25, 0.3) is 11.7 Å². The summed E-state index contributed by atoms with van der Waals surface area (Å²) in [7, 11) is 0. The molecule has 1 fully saturated rings. The summed E-state index contributed by atoms with van der Waals surface area (Å²) in [5.41, 5.74) is 1.37. The van der Waals surface area contributed by atoms with Gasteiger partial charge in [0, 0.05) is 19.3 Å². The fourth-order valence-electron chi connectivity index (χ4n) is 4.01. The number of thiocarbonyl (C=S) groups is 1. The molecule has 10 heteroatoms. The molecule has 0 unspecified atom stereocenters. The molecular weight excluding hydrogens is 496 g/mol. The Morgan fingerprint density at radius 1 is 1.11 bits per heavy atom. The Hall–Kier alpha value is -3.89. The lowest BCUT2D eigenvalue weighted by molar-refractivity contribution is -0.122. The van der Waals surface area contributed by atoms with Gasteiger partial charge in [0.25, 0.3) is 11.5 Å². The summed E-state index contributed by atoms with van der Waals surface area (Å²) in [6.45, 7) is 8.99. The van der Waals surface area contributed by atoms with Crippen LogP contribution >= 0.6 is 24.0 Å². The fraction of sp³-hybridized carbons (Fsp3) is 0.154. The van der Waals surface area contributed by atoms with Crippen LogP contribution in [-0.2, 0) is 11.3 Å². The van der Waals surface area contributed by atoms with Crippen molar-refractivity contribution in [2.45, 2.75) is 6.54 Å². The highest BCUT2D eigenvalue weighted by atomic mass is 32.2. The maximum atomic E-state index is 13.5. The summed E-state index contributed by atoms with van der Waals surface area (Å²) in [6, 6.07) is 10.9. The molecular formula is C26H22N4O4S2. The molecule has 0 bridgehead atoms. The average molecular weight is 519 g/mol. The molecule has 2 aliphatic heterocycles. The summed E-state index contributed by atoms with van der Waals surface area (Å²) in [5.74, 6) is 1.49. The van der Waals surface area contributed by atoms with Crippen molar-refractivity contribution in [3.8, 4) is 11.5 Å². The Kier molecular flexibility index (Phi) is 6.62. The smallest absolute Gasteiger partial charge is 0.267 e. The first-order valence-corrected chi connectivity index (χ1v) is 12.3. The van der Waals surface area contributed by atoms with Gasteiger partial charge in [0.15, 0.2) is 11.5 Å². The maximum Gasteiger partial charge on any atom is 0.267 e. The number of rotatable bonds is 8. The van der Waals surface area contributed by atoms with Crippen molar-refractivity contribution in [3.05, 3.63) is 94.3 Å². The van der Waals surface area contributed by atoms with Gasteiger partial charge in [-0.2, -0.15) is 0 Å². The minimum absolute atomic E-state index is 0.176. The zero-order chi connectivity index (χ0) is 25.2. The van der Waals surface area contributed by atoms with Gasteiger partial charge in [-0.05, 0) is 35.9 Å². The van der Waals surface area contributed by atoms with Gasteiger partial charge >= 0.3 is 0 Å². The van der Waals surface area contributed by atoms with E-state index in [0.29, 0.717) is 50.8 Å². The number of benzene rings is 1. The third-order valence-corrected chi connectivity index (χ3v) is 7.05. The van der Waals surface area contributed by atoms with Gasteiger partial charge in [-0.3, -0.25) is 18.9 Å². The van der Waals surface area contributed by atoms with Crippen molar-refractivity contribution in [3.63, 3.8) is 0 Å². The monoisotopic (exact) mass is 518 g/mol. The summed E-state index contributed by atoms with van der Waals surface area (Å²) in [5, 5.41) is 0. The van der Waals surface area contributed by atoms with E-state index in [1.54, 1.807) is 36.6 Å². The fourth-order valence-corrected chi connectivity index (χ4v) is 5.24. The van der Waals surface area contributed by atoms with Crippen molar-refractivity contribution >= 4 is 51.7 Å². The first-order valence-electron chi connectivity index (χ1n) is 11.1. The standard InChI is InChI=1S/C26H22N4O4S2/c1-3-10-28(11-4-2)23-18(24(31)29-12-6-5-7-22(29)27-23)14-21-25(32)30(26(35)36-21)15-17-8-9-19-20(13-17)34-16-33-19/h3-9,12-14H,1-2,10-11,15-16H2. The molecule has 0 spiro atoms. The third kappa shape index (κ3) is 4.40. The first kappa shape index (κ1) is 23.8. The summed E-state index contributed by atoms with van der Waals surface area (Å²) >= 11 is 6.68. The molecule has 4 heterocycles. The number of pyridine rings is 1. The Labute approximate surface area is 217 Å². The quantitative estimate of drug-likeness (QED) is 0.252. The van der Waals surface area contributed by atoms with E-state index in [1.165, 1.54) is 9.30 Å². The Morgan fingerprint density at radius 3 is 2.67 bits per heavy atom. The second kappa shape index (κ2) is 10.00. The van der Waals surface area contributed by atoms with E-state index >= 15 is 0 Å². The van der Waals surface area contributed by atoms with Crippen molar-refractivity contribution in [2.75, 3.05) is 24.8 Å². The van der Waals surface area contributed by atoms with Gasteiger partial charge < -0.3 is 14.4 Å². The Morgan fingerprint density at radius 2 is 1.89 bits per heavy atom. The molecule has 2 aromatic heterocycles. The summed E-state index contributed by atoms with van der Waals surface area (Å²) in [4.78, 5) is 35.4. The lowest BCUT2D eigenvalue weighted by Gasteiger charge is -2.22. The highest BCUT2D eigenvalue weighted by molar-refractivity contribution is 8.26. The van der Waals surface area contributed by atoms with Crippen molar-refractivity contribution in [2.24, 2.45) is 0 Å². The van der Waals surface area contributed by atoms with Crippen molar-refractivity contribution < 1.29 is 14.3 Å². The predicted octanol–water partition coefficient (Wildman–Crippen LogP) is 4.00. The van der Waals surface area contributed by atoms with Gasteiger partial charge in [0.2, 0.25) is 6.79 Å². The van der Waals surface area contributed by atoms with Crippen LogP contribution in [0.5, 0.6) is 11.5 Å². The van der Waals surface area contributed by atoms with Gasteiger partial charge in [0.1, 0.15) is 15.8 Å². The maximum absolute atomic E-state index is 13.5. The molecule has 1 aromatic carbocycles. The van der Waals surface area contributed by atoms with E-state index in [2.05, 4.69) is 13.2 Å². The number of amides is 1. The second-order valence-corrected chi connectivity index (χ2v) is 9.70. The minimum atomic E-state index is -0.283. The lowest BCUT2D eigenvalue weighted by Crippen LogP contribution is -2.30. The van der Waals surface area contributed by atoms with E-state index < -0.39 is 0 Å². The van der Waals surface area contributed by atoms with Crippen LogP contribution in [0.1, 0.15) is 11.1 Å². The topological polar surface area (TPSA) is 76.4 Å². The molecule has 0 radical (unpaired) electrons. The zero-order valence-corrected chi connectivity index (χ0v) is 20.9. The van der Waals surface area contributed by atoms with Crippen LogP contribution < -0.4 is 19.9 Å². The van der Waals surface area contributed by atoms with E-state index in [1.807, 2.05) is 29.2 Å². The SMILES string of the molecule is C=CCN(CC=C)c1nc2ccccn2c(=O)c1C=C1SC(=S)N(Cc2ccc3c(c2)OCO3)C1=O. The van der Waals surface area contributed by atoms with Crippen LogP contribution in [0.4, 0.5) is 5.82 Å². The van der Waals surface area contributed by atoms with Gasteiger partial charge in [-0.25, -0.2) is 4.98 Å². The van der Waals surface area contributed by atoms with Crippen LogP contribution in [0, 0.1) is 0 Å². The molecule has 5 rings (SSSR count). The number of fused-ring (bicyclic) bond motifs is 2. The molecule has 182 valence electrons. The second-order valence-electron chi connectivity index (χ2n) is 8.02. The van der Waals surface area contributed by atoms with Crippen molar-refractivity contribution in [1.29, 1.82) is 0 Å². The molecule has 3 aromatic rings. The predicted molar refractivity (Wildman–Crippen MR) is 145 cm³/mol. The Bertz CT molecular complexity index is 1490. The highest BCUT2D eigenvalue weighted by Gasteiger charge is 2.33. The van der Waals surface area contributed by atoms with Crippen molar-refractivity contribution in [1.82, 2.24) is 14.3 Å². The summed E-state index contributed by atoms with van der Waals surface area (Å²) < 4.78 is 12.7. The zero-order valence-electron chi connectivity index (χ0n) is 19.3. The molecule has 0 atom stereocenters. The molecule has 36 heavy (non-hydrogen) atoms. The number of anilines is 1. The number of carbonyl (C=O) groups is 1. The third-order valence-electron chi connectivity index (χ3n) is 5.67. The van der Waals surface area contributed by atoms with E-state index in [9.17, 15) is 9.59 Å². The van der Waals surface area contributed by atoms with Crippen LogP contribution in [0.2, 0.25) is 0 Å². The van der Waals surface area contributed by atoms with Gasteiger partial charge in [-0.1, -0.05) is 48.3 Å². The number of nitrogens with zero attached hydrogens (tertiary/aromatic N) is 4. The molecule has 0 aliphatic carbocycles. The van der Waals surface area contributed by atoms with E-state index in [4.69, 9.17) is 26.7 Å². The van der Waals surface area contributed by atoms with Gasteiger partial charge in [0.05, 0.1) is 17.0 Å². The molecule has 0 N–H and O–H groups in total. The van der Waals surface area contributed by atoms with Crippen LogP contribution in [0.3, 0.4) is 0 Å². The number of hydrogen-bond acceptors (Lipinski definition) is 8. The number of ether oxygens (including phenoxy) is 2. The number of thioether (sulfide) groups is 1. The number of carbonyl (C=O) groups excluding carboxylic acids is 1. The molecule has 1 amide bonds. The number of hydrogen-bond donors (Lipinski definition) is 0. The van der Waals surface area contributed by atoms with E-state index in [-0.39, 0.29) is 24.8 Å². The summed E-state index contributed by atoms with van der Waals surface area (Å²) in [6.07, 6.45) is 6.70. The molecule has 8 nitrogen and oxygen atoms in total. The molecule has 1 saturated heterocycles. The number of aromatic nitrogens is 2. The Balaban J connectivity index is 1.53. The minimum Gasteiger partial charge on any atom is -0.454 e. The molecule has 0 saturated carbocycles.